The number of amides is 2. The van der Waals surface area contributed by atoms with Gasteiger partial charge in [0, 0.05) is 13.7 Å². The second-order valence-electron chi connectivity index (χ2n) is 4.28. The molecule has 0 spiro atoms. The van der Waals surface area contributed by atoms with Gasteiger partial charge in [0.05, 0.1) is 24.4 Å². The van der Waals surface area contributed by atoms with Crippen LogP contribution >= 0.6 is 0 Å². The Balaban J connectivity index is 1.92. The molecule has 1 aromatic carbocycles. The summed E-state index contributed by atoms with van der Waals surface area (Å²) in [7, 11) is 1.57. The topological polar surface area (TPSA) is 79.5 Å². The Kier molecular flexibility index (Phi) is 4.35. The van der Waals surface area contributed by atoms with Crippen LogP contribution in [0.4, 0.5) is 11.4 Å². The van der Waals surface area contributed by atoms with Crippen molar-refractivity contribution in [3.8, 4) is 0 Å². The van der Waals surface area contributed by atoms with E-state index in [1.54, 1.807) is 7.11 Å². The molecule has 0 radical (unpaired) electrons. The van der Waals surface area contributed by atoms with Gasteiger partial charge in [-0.1, -0.05) is 12.1 Å². The van der Waals surface area contributed by atoms with E-state index in [9.17, 15) is 9.59 Å². The Hall–Kier alpha value is -2.08. The number of carbonyl (C=O) groups is 2. The zero-order chi connectivity index (χ0) is 13.7. The summed E-state index contributed by atoms with van der Waals surface area (Å²) in [5.74, 6) is -0.371. The van der Waals surface area contributed by atoms with Crippen LogP contribution in [0.15, 0.2) is 24.3 Å². The molecule has 1 atom stereocenters. The van der Waals surface area contributed by atoms with Gasteiger partial charge in [-0.2, -0.15) is 0 Å². The van der Waals surface area contributed by atoms with Crippen molar-refractivity contribution in [3.63, 3.8) is 0 Å². The van der Waals surface area contributed by atoms with E-state index in [0.29, 0.717) is 13.2 Å². The maximum atomic E-state index is 11.8. The van der Waals surface area contributed by atoms with Gasteiger partial charge >= 0.3 is 0 Å². The summed E-state index contributed by atoms with van der Waals surface area (Å²) in [6.07, 6.45) is 0.101. The smallest absolute Gasteiger partial charge is 0.247 e. The zero-order valence-electron chi connectivity index (χ0n) is 10.7. The second kappa shape index (κ2) is 6.19. The Morgan fingerprint density at radius 1 is 1.37 bits per heavy atom. The number of rotatable bonds is 5. The van der Waals surface area contributed by atoms with Crippen molar-refractivity contribution in [1.82, 2.24) is 5.32 Å². The summed E-state index contributed by atoms with van der Waals surface area (Å²) in [6, 6.07) is 6.86. The molecule has 1 aromatic rings. The summed E-state index contributed by atoms with van der Waals surface area (Å²) in [6.45, 7) is 0.902. The number of carbonyl (C=O) groups excluding carboxylic acids is 2. The lowest BCUT2D eigenvalue weighted by atomic mass is 10.1. The van der Waals surface area contributed by atoms with E-state index in [0.717, 1.165) is 11.4 Å². The third-order valence-corrected chi connectivity index (χ3v) is 2.85. The molecule has 1 aliphatic heterocycles. The number of hydrogen-bond donors (Lipinski definition) is 3. The average molecular weight is 263 g/mol. The fourth-order valence-corrected chi connectivity index (χ4v) is 1.88. The SMILES string of the molecule is COCCNC(=O)C[C@@H]1Nc2ccccc2NC1=O. The van der Waals surface area contributed by atoms with E-state index < -0.39 is 6.04 Å². The number of benzene rings is 1. The van der Waals surface area contributed by atoms with Crippen molar-refractivity contribution >= 4 is 23.2 Å². The van der Waals surface area contributed by atoms with Gasteiger partial charge in [-0.25, -0.2) is 0 Å². The molecular weight excluding hydrogens is 246 g/mol. The largest absolute Gasteiger partial charge is 0.383 e. The van der Waals surface area contributed by atoms with Gasteiger partial charge < -0.3 is 20.7 Å². The maximum Gasteiger partial charge on any atom is 0.247 e. The van der Waals surface area contributed by atoms with Crippen molar-refractivity contribution in [2.24, 2.45) is 0 Å². The Labute approximate surface area is 111 Å². The van der Waals surface area contributed by atoms with Crippen molar-refractivity contribution in [2.45, 2.75) is 12.5 Å². The van der Waals surface area contributed by atoms with Crippen LogP contribution in [-0.4, -0.2) is 38.1 Å². The van der Waals surface area contributed by atoms with Crippen molar-refractivity contribution in [1.29, 1.82) is 0 Å². The number of ether oxygens (including phenoxy) is 1. The second-order valence-corrected chi connectivity index (χ2v) is 4.28. The fourth-order valence-electron chi connectivity index (χ4n) is 1.88. The lowest BCUT2D eigenvalue weighted by Crippen LogP contribution is -2.42. The van der Waals surface area contributed by atoms with Crippen LogP contribution < -0.4 is 16.0 Å². The molecule has 102 valence electrons. The van der Waals surface area contributed by atoms with E-state index in [1.807, 2.05) is 24.3 Å². The lowest BCUT2D eigenvalue weighted by molar-refractivity contribution is -0.125. The molecule has 6 nitrogen and oxygen atoms in total. The van der Waals surface area contributed by atoms with E-state index in [1.165, 1.54) is 0 Å². The minimum absolute atomic E-state index is 0.101. The third-order valence-electron chi connectivity index (χ3n) is 2.85. The summed E-state index contributed by atoms with van der Waals surface area (Å²) in [4.78, 5) is 23.5. The standard InChI is InChI=1S/C13H17N3O3/c1-19-7-6-14-12(17)8-11-13(18)16-10-5-3-2-4-9(10)15-11/h2-5,11,15H,6-8H2,1H3,(H,14,17)(H,16,18)/t11-/m0/s1. The zero-order valence-corrected chi connectivity index (χ0v) is 10.7. The first-order chi connectivity index (χ1) is 9.20. The molecular formula is C13H17N3O3. The van der Waals surface area contributed by atoms with Crippen LogP contribution in [0.1, 0.15) is 6.42 Å². The summed E-state index contributed by atoms with van der Waals surface area (Å²) in [5, 5.41) is 8.53. The van der Waals surface area contributed by atoms with Crippen LogP contribution in [0, 0.1) is 0 Å². The quantitative estimate of drug-likeness (QED) is 0.679. The number of anilines is 2. The van der Waals surface area contributed by atoms with Gasteiger partial charge in [0.25, 0.3) is 0 Å². The van der Waals surface area contributed by atoms with Gasteiger partial charge in [0.2, 0.25) is 11.8 Å². The first-order valence-electron chi connectivity index (χ1n) is 6.13. The van der Waals surface area contributed by atoms with Crippen molar-refractivity contribution < 1.29 is 14.3 Å². The summed E-state index contributed by atoms with van der Waals surface area (Å²) >= 11 is 0. The Morgan fingerprint density at radius 2 is 2.11 bits per heavy atom. The minimum atomic E-state index is -0.544. The molecule has 2 amide bonds. The van der Waals surface area contributed by atoms with Crippen LogP contribution in [0.3, 0.4) is 0 Å². The molecule has 1 heterocycles. The fraction of sp³-hybridized carbons (Fsp3) is 0.385. The first-order valence-corrected chi connectivity index (χ1v) is 6.13. The molecule has 1 aliphatic rings. The molecule has 0 saturated carbocycles. The van der Waals surface area contributed by atoms with Gasteiger partial charge in [-0.15, -0.1) is 0 Å². The molecule has 3 N–H and O–H groups in total. The van der Waals surface area contributed by atoms with Gasteiger partial charge in [0.1, 0.15) is 6.04 Å². The van der Waals surface area contributed by atoms with E-state index in [4.69, 9.17) is 4.74 Å². The molecule has 0 saturated heterocycles. The van der Waals surface area contributed by atoms with Crippen molar-refractivity contribution in [3.05, 3.63) is 24.3 Å². The van der Waals surface area contributed by atoms with Crippen molar-refractivity contribution in [2.75, 3.05) is 30.9 Å². The first kappa shape index (κ1) is 13.4. The van der Waals surface area contributed by atoms with Crippen LogP contribution in [0.5, 0.6) is 0 Å². The highest BCUT2D eigenvalue weighted by Gasteiger charge is 2.26. The van der Waals surface area contributed by atoms with E-state index >= 15 is 0 Å². The molecule has 2 rings (SSSR count). The monoisotopic (exact) mass is 263 g/mol. The van der Waals surface area contributed by atoms with E-state index in [-0.39, 0.29) is 18.2 Å². The lowest BCUT2D eigenvalue weighted by Gasteiger charge is -2.26. The normalized spacial score (nSPS) is 17.1. The summed E-state index contributed by atoms with van der Waals surface area (Å²) < 4.78 is 4.84. The molecule has 0 bridgehead atoms. The highest BCUT2D eigenvalue weighted by molar-refractivity contribution is 6.04. The highest BCUT2D eigenvalue weighted by Crippen LogP contribution is 2.26. The van der Waals surface area contributed by atoms with E-state index in [2.05, 4.69) is 16.0 Å². The number of fused-ring (bicyclic) bond motifs is 1. The molecule has 0 fully saturated rings. The number of nitrogens with one attached hydrogen (secondary N) is 3. The van der Waals surface area contributed by atoms with Crippen LogP contribution in [0.2, 0.25) is 0 Å². The highest BCUT2D eigenvalue weighted by atomic mass is 16.5. The Morgan fingerprint density at radius 3 is 2.84 bits per heavy atom. The van der Waals surface area contributed by atoms with Gasteiger partial charge in [-0.05, 0) is 12.1 Å². The molecule has 0 aromatic heterocycles. The average Bonchev–Trinajstić information content (AvgIpc) is 2.40. The molecule has 0 unspecified atom stereocenters. The third kappa shape index (κ3) is 3.45. The number of para-hydroxylation sites is 2. The van der Waals surface area contributed by atoms with Crippen LogP contribution in [-0.2, 0) is 14.3 Å². The minimum Gasteiger partial charge on any atom is -0.383 e. The molecule has 6 heteroatoms. The maximum absolute atomic E-state index is 11.8. The van der Waals surface area contributed by atoms with Crippen LogP contribution in [0.25, 0.3) is 0 Å². The molecule has 0 aliphatic carbocycles. The van der Waals surface area contributed by atoms with Gasteiger partial charge in [0.15, 0.2) is 0 Å². The predicted molar refractivity (Wildman–Crippen MR) is 72.0 cm³/mol. The number of methoxy groups -OCH3 is 1. The summed E-state index contributed by atoms with van der Waals surface area (Å²) in [5.41, 5.74) is 1.57. The number of hydrogen-bond acceptors (Lipinski definition) is 4. The Bertz CT molecular complexity index is 476. The van der Waals surface area contributed by atoms with Gasteiger partial charge in [-0.3, -0.25) is 9.59 Å². The molecule has 19 heavy (non-hydrogen) atoms. The predicted octanol–water partition coefficient (Wildman–Crippen LogP) is 0.572.